The minimum Gasteiger partial charge on any atom is -0.317 e. The number of primary sulfonamides is 1. The molecule has 36 heavy (non-hydrogen) atoms. The second-order valence-electron chi connectivity index (χ2n) is 11.8. The number of hydrogen-bond donors (Lipinski definition) is 1. The summed E-state index contributed by atoms with van der Waals surface area (Å²) in [4.78, 5) is 29.7. The van der Waals surface area contributed by atoms with Crippen molar-refractivity contribution in [3.05, 3.63) is 82.7 Å². The quantitative estimate of drug-likeness (QED) is 0.618. The van der Waals surface area contributed by atoms with Crippen LogP contribution in [0.25, 0.3) is 0 Å². The highest BCUT2D eigenvalue weighted by Gasteiger charge is 2.49. The molecule has 0 spiro atoms. The standard InChI is InChI=1S/C29H32N2O4S/c1-28(2)14-21-26(23(32)16-28)25(18-8-6-5-7-9-18)27-22(15-29(3,4)17-24(27)33)31(21)19-10-12-20(13-11-19)36(30,34)35/h5-13,25H,14-17H2,1-4H3,(H2,30,34,35). The van der Waals surface area contributed by atoms with Gasteiger partial charge in [0.2, 0.25) is 10.0 Å². The average Bonchev–Trinajstić information content (AvgIpc) is 2.76. The topological polar surface area (TPSA) is 97.5 Å². The number of Topliss-reactive ketones (excluding diaryl/α,β-unsaturated/α-hetero) is 2. The summed E-state index contributed by atoms with van der Waals surface area (Å²) >= 11 is 0. The molecule has 0 atom stereocenters. The number of allylic oxidation sites excluding steroid dienone is 4. The molecule has 6 nitrogen and oxygen atoms in total. The Bertz CT molecular complexity index is 1380. The second kappa shape index (κ2) is 8.25. The highest BCUT2D eigenvalue weighted by atomic mass is 32.2. The third-order valence-corrected chi connectivity index (χ3v) is 8.40. The lowest BCUT2D eigenvalue weighted by Gasteiger charge is -2.49. The molecular weight excluding hydrogens is 472 g/mol. The van der Waals surface area contributed by atoms with Crippen molar-refractivity contribution in [3.63, 3.8) is 0 Å². The van der Waals surface area contributed by atoms with E-state index in [1.54, 1.807) is 12.1 Å². The number of nitrogens with zero attached hydrogens (tertiary/aromatic N) is 1. The van der Waals surface area contributed by atoms with Gasteiger partial charge in [0.1, 0.15) is 0 Å². The Morgan fingerprint density at radius 1 is 0.750 bits per heavy atom. The largest absolute Gasteiger partial charge is 0.317 e. The van der Waals surface area contributed by atoms with Gasteiger partial charge in [-0.2, -0.15) is 0 Å². The highest BCUT2D eigenvalue weighted by molar-refractivity contribution is 7.89. The minimum atomic E-state index is -3.85. The van der Waals surface area contributed by atoms with Crippen LogP contribution in [0, 0.1) is 10.8 Å². The zero-order valence-electron chi connectivity index (χ0n) is 21.2. The van der Waals surface area contributed by atoms with Crippen LogP contribution in [0.1, 0.15) is 64.9 Å². The number of anilines is 1. The third-order valence-electron chi connectivity index (χ3n) is 7.47. The van der Waals surface area contributed by atoms with E-state index in [1.165, 1.54) is 12.1 Å². The normalized spacial score (nSPS) is 22.0. The molecule has 3 aliphatic rings. The summed E-state index contributed by atoms with van der Waals surface area (Å²) < 4.78 is 23.8. The van der Waals surface area contributed by atoms with E-state index in [0.717, 1.165) is 22.6 Å². The molecule has 1 aliphatic heterocycles. The molecule has 1 heterocycles. The van der Waals surface area contributed by atoms with Gasteiger partial charge < -0.3 is 4.90 Å². The molecule has 0 saturated heterocycles. The lowest BCUT2D eigenvalue weighted by molar-refractivity contribution is -0.119. The number of rotatable bonds is 3. The first-order chi connectivity index (χ1) is 16.8. The number of ketones is 2. The predicted molar refractivity (Wildman–Crippen MR) is 140 cm³/mol. The zero-order valence-corrected chi connectivity index (χ0v) is 22.0. The summed E-state index contributed by atoms with van der Waals surface area (Å²) in [6, 6.07) is 16.2. The van der Waals surface area contributed by atoms with E-state index < -0.39 is 15.9 Å². The first-order valence-electron chi connectivity index (χ1n) is 12.3. The summed E-state index contributed by atoms with van der Waals surface area (Å²) in [7, 11) is -3.85. The number of sulfonamides is 1. The van der Waals surface area contributed by atoms with Crippen LogP contribution in [0.3, 0.4) is 0 Å². The summed E-state index contributed by atoms with van der Waals surface area (Å²) in [5, 5.41) is 5.34. The summed E-state index contributed by atoms with van der Waals surface area (Å²) in [5.74, 6) is -0.278. The monoisotopic (exact) mass is 504 g/mol. The molecule has 2 N–H and O–H groups in total. The molecule has 188 valence electrons. The van der Waals surface area contributed by atoms with Crippen LogP contribution in [0.2, 0.25) is 0 Å². The first kappa shape index (κ1) is 24.7. The van der Waals surface area contributed by atoms with Gasteiger partial charge in [0.25, 0.3) is 0 Å². The second-order valence-corrected chi connectivity index (χ2v) is 13.4. The van der Waals surface area contributed by atoms with Crippen molar-refractivity contribution in [1.82, 2.24) is 0 Å². The molecule has 0 amide bonds. The van der Waals surface area contributed by atoms with Crippen LogP contribution in [-0.4, -0.2) is 20.0 Å². The van der Waals surface area contributed by atoms with E-state index in [-0.39, 0.29) is 27.3 Å². The fraction of sp³-hybridized carbons (Fsp3) is 0.379. The summed E-state index contributed by atoms with van der Waals surface area (Å²) in [5.41, 5.74) is 4.35. The van der Waals surface area contributed by atoms with Crippen molar-refractivity contribution in [2.45, 2.75) is 64.2 Å². The van der Waals surface area contributed by atoms with Gasteiger partial charge in [-0.15, -0.1) is 0 Å². The van der Waals surface area contributed by atoms with Crippen LogP contribution in [0.5, 0.6) is 0 Å². The molecule has 0 radical (unpaired) electrons. The Kier molecular flexibility index (Phi) is 5.65. The molecular formula is C29H32N2O4S. The van der Waals surface area contributed by atoms with E-state index in [2.05, 4.69) is 32.6 Å². The van der Waals surface area contributed by atoms with Crippen LogP contribution >= 0.6 is 0 Å². The maximum absolute atomic E-state index is 13.8. The van der Waals surface area contributed by atoms with Gasteiger partial charge in [-0.3, -0.25) is 9.59 Å². The highest BCUT2D eigenvalue weighted by Crippen LogP contribution is 2.55. The number of carbonyl (C=O) groups is 2. The van der Waals surface area contributed by atoms with Crippen LogP contribution in [-0.2, 0) is 19.6 Å². The van der Waals surface area contributed by atoms with Gasteiger partial charge in [-0.25, -0.2) is 13.6 Å². The fourth-order valence-corrected chi connectivity index (χ4v) is 6.56. The van der Waals surface area contributed by atoms with E-state index in [9.17, 15) is 18.0 Å². The van der Waals surface area contributed by atoms with Crippen molar-refractivity contribution in [3.8, 4) is 0 Å². The van der Waals surface area contributed by atoms with E-state index >= 15 is 0 Å². The van der Waals surface area contributed by atoms with Crippen LogP contribution in [0.15, 0.2) is 82.0 Å². The molecule has 5 rings (SSSR count). The molecule has 2 aliphatic carbocycles. The molecule has 7 heteroatoms. The van der Waals surface area contributed by atoms with E-state index in [4.69, 9.17) is 5.14 Å². The molecule has 0 unspecified atom stereocenters. The van der Waals surface area contributed by atoms with Crippen molar-refractivity contribution in [2.75, 3.05) is 4.90 Å². The van der Waals surface area contributed by atoms with Gasteiger partial charge in [0.15, 0.2) is 11.6 Å². The SMILES string of the molecule is CC1(C)CC(=O)C2=C(C1)N(c1ccc(S(N)(=O)=O)cc1)C1=C(C(=O)CC(C)(C)C1)C2c1ccccc1. The van der Waals surface area contributed by atoms with Crippen molar-refractivity contribution in [2.24, 2.45) is 16.0 Å². The number of nitrogens with two attached hydrogens (primary N) is 1. The number of benzene rings is 2. The molecule has 2 aromatic rings. The van der Waals surface area contributed by atoms with Gasteiger partial charge in [0.05, 0.1) is 4.90 Å². The maximum atomic E-state index is 13.8. The zero-order chi connectivity index (χ0) is 26.0. The molecule has 0 fully saturated rings. The van der Waals surface area contributed by atoms with Crippen molar-refractivity contribution in [1.29, 1.82) is 0 Å². The average molecular weight is 505 g/mol. The van der Waals surface area contributed by atoms with Crippen molar-refractivity contribution < 1.29 is 18.0 Å². The molecule has 0 aromatic heterocycles. The minimum absolute atomic E-state index is 0.0222. The molecule has 0 saturated carbocycles. The number of hydrogen-bond acceptors (Lipinski definition) is 5. The molecule has 2 aromatic carbocycles. The Morgan fingerprint density at radius 3 is 1.67 bits per heavy atom. The van der Waals surface area contributed by atoms with Gasteiger partial charge >= 0.3 is 0 Å². The Balaban J connectivity index is 1.80. The van der Waals surface area contributed by atoms with Crippen molar-refractivity contribution >= 4 is 27.3 Å². The Labute approximate surface area is 212 Å². The van der Waals surface area contributed by atoms with Gasteiger partial charge in [-0.05, 0) is 53.5 Å². The lowest BCUT2D eigenvalue weighted by Crippen LogP contribution is -2.44. The number of carbonyl (C=O) groups excluding carboxylic acids is 2. The Morgan fingerprint density at radius 2 is 1.22 bits per heavy atom. The summed E-state index contributed by atoms with van der Waals surface area (Å²) in [6.45, 7) is 8.37. The first-order valence-corrected chi connectivity index (χ1v) is 13.8. The maximum Gasteiger partial charge on any atom is 0.238 e. The smallest absolute Gasteiger partial charge is 0.238 e. The lowest BCUT2D eigenvalue weighted by atomic mass is 9.63. The van der Waals surface area contributed by atoms with E-state index in [0.29, 0.717) is 36.8 Å². The molecule has 0 bridgehead atoms. The fourth-order valence-electron chi connectivity index (χ4n) is 6.04. The predicted octanol–water partition coefficient (Wildman–Crippen LogP) is 5.22. The third kappa shape index (κ3) is 4.24. The Hall–Kier alpha value is -3.03. The van der Waals surface area contributed by atoms with Gasteiger partial charge in [-0.1, -0.05) is 58.0 Å². The summed E-state index contributed by atoms with van der Waals surface area (Å²) in [6.07, 6.45) is 2.16. The van der Waals surface area contributed by atoms with E-state index in [1.807, 2.05) is 30.3 Å². The van der Waals surface area contributed by atoms with Crippen LogP contribution < -0.4 is 10.0 Å². The van der Waals surface area contributed by atoms with Gasteiger partial charge in [0, 0.05) is 47.0 Å². The van der Waals surface area contributed by atoms with Crippen LogP contribution in [0.4, 0.5) is 5.69 Å².